The molecular weight excluding hydrogens is 146 g/mol. The number of ether oxygens (including phenoxy) is 1. The van der Waals surface area contributed by atoms with Crippen molar-refractivity contribution in [2.75, 3.05) is 0 Å². The second-order valence-corrected chi connectivity index (χ2v) is 3.45. The van der Waals surface area contributed by atoms with E-state index in [1.807, 2.05) is 0 Å². The molecule has 4 atom stereocenters. The van der Waals surface area contributed by atoms with E-state index in [4.69, 9.17) is 15.6 Å². The van der Waals surface area contributed by atoms with E-state index in [1.54, 1.807) is 13.8 Å². The molecule has 0 aromatic carbocycles. The van der Waals surface area contributed by atoms with Crippen LogP contribution in [0.4, 0.5) is 0 Å². The third-order valence-corrected chi connectivity index (χ3v) is 2.11. The monoisotopic (exact) mass is 161 g/mol. The molecule has 1 rings (SSSR count). The predicted molar refractivity (Wildman–Crippen MR) is 39.8 cm³/mol. The minimum absolute atomic E-state index is 0.276. The minimum atomic E-state index is -0.844. The standard InChI is InChI=1S/C7H15NO3/c1-4-6(10)7(2,8)3-5(9)11-4/h4-6,9-10H,3,8H2,1-2H3/t4-,5+,6+,7-/m1/s1. The first-order chi connectivity index (χ1) is 4.93. The highest BCUT2D eigenvalue weighted by atomic mass is 16.6. The summed E-state index contributed by atoms with van der Waals surface area (Å²) in [7, 11) is 0. The Kier molecular flexibility index (Phi) is 2.20. The molecule has 0 spiro atoms. The van der Waals surface area contributed by atoms with Gasteiger partial charge in [0, 0.05) is 12.0 Å². The van der Waals surface area contributed by atoms with Crippen LogP contribution in [0.25, 0.3) is 0 Å². The Morgan fingerprint density at radius 1 is 1.55 bits per heavy atom. The van der Waals surface area contributed by atoms with Crippen molar-refractivity contribution >= 4 is 0 Å². The summed E-state index contributed by atoms with van der Waals surface area (Å²) < 4.78 is 4.96. The number of nitrogens with two attached hydrogens (primary N) is 1. The van der Waals surface area contributed by atoms with Crippen LogP contribution in [0, 0.1) is 0 Å². The second kappa shape index (κ2) is 2.71. The topological polar surface area (TPSA) is 75.7 Å². The van der Waals surface area contributed by atoms with E-state index in [1.165, 1.54) is 0 Å². The molecule has 0 unspecified atom stereocenters. The summed E-state index contributed by atoms with van der Waals surface area (Å²) >= 11 is 0. The molecule has 1 saturated heterocycles. The fourth-order valence-electron chi connectivity index (χ4n) is 1.40. The number of rotatable bonds is 0. The van der Waals surface area contributed by atoms with Crippen molar-refractivity contribution in [2.24, 2.45) is 5.73 Å². The van der Waals surface area contributed by atoms with Gasteiger partial charge in [0.25, 0.3) is 0 Å². The normalized spacial score (nSPS) is 52.6. The molecule has 0 aromatic rings. The van der Waals surface area contributed by atoms with Crippen LogP contribution in [-0.4, -0.2) is 34.2 Å². The van der Waals surface area contributed by atoms with Crippen LogP contribution >= 0.6 is 0 Å². The van der Waals surface area contributed by atoms with Gasteiger partial charge in [0.05, 0.1) is 12.2 Å². The summed E-state index contributed by atoms with van der Waals surface area (Å²) in [4.78, 5) is 0. The van der Waals surface area contributed by atoms with Crippen molar-refractivity contribution in [1.82, 2.24) is 0 Å². The quantitative estimate of drug-likeness (QED) is 0.434. The maximum atomic E-state index is 9.46. The van der Waals surface area contributed by atoms with E-state index in [0.29, 0.717) is 0 Å². The highest BCUT2D eigenvalue weighted by Crippen LogP contribution is 2.25. The average Bonchev–Trinajstić information content (AvgIpc) is 1.81. The van der Waals surface area contributed by atoms with Gasteiger partial charge in [-0.25, -0.2) is 0 Å². The molecule has 0 aromatic heterocycles. The lowest BCUT2D eigenvalue weighted by molar-refractivity contribution is -0.215. The van der Waals surface area contributed by atoms with Crippen LogP contribution in [-0.2, 0) is 4.74 Å². The Morgan fingerprint density at radius 2 is 2.09 bits per heavy atom. The average molecular weight is 161 g/mol. The first-order valence-corrected chi connectivity index (χ1v) is 3.74. The number of hydrogen-bond donors (Lipinski definition) is 3. The molecule has 66 valence electrons. The molecular formula is C7H15NO3. The SMILES string of the molecule is C[C@H]1O[C@H](O)C[C@@](C)(N)[C@H]1O. The van der Waals surface area contributed by atoms with Gasteiger partial charge in [-0.05, 0) is 13.8 Å². The van der Waals surface area contributed by atoms with Gasteiger partial charge in [0.1, 0.15) is 0 Å². The summed E-state index contributed by atoms with van der Waals surface area (Å²) in [6.45, 7) is 3.40. The van der Waals surface area contributed by atoms with E-state index in [-0.39, 0.29) is 6.42 Å². The largest absolute Gasteiger partial charge is 0.389 e. The Labute approximate surface area is 66.0 Å². The maximum Gasteiger partial charge on any atom is 0.156 e. The molecule has 0 saturated carbocycles. The fraction of sp³-hybridized carbons (Fsp3) is 1.00. The molecule has 11 heavy (non-hydrogen) atoms. The maximum absolute atomic E-state index is 9.46. The van der Waals surface area contributed by atoms with E-state index in [0.717, 1.165) is 0 Å². The Bertz CT molecular complexity index is 149. The van der Waals surface area contributed by atoms with E-state index < -0.39 is 24.0 Å². The van der Waals surface area contributed by atoms with Gasteiger partial charge >= 0.3 is 0 Å². The minimum Gasteiger partial charge on any atom is -0.389 e. The summed E-state index contributed by atoms with van der Waals surface area (Å²) in [6.07, 6.45) is -1.67. The summed E-state index contributed by atoms with van der Waals surface area (Å²) in [5.41, 5.74) is 4.97. The third kappa shape index (κ3) is 1.70. The van der Waals surface area contributed by atoms with Crippen LogP contribution < -0.4 is 5.73 Å². The zero-order valence-corrected chi connectivity index (χ0v) is 6.82. The lowest BCUT2D eigenvalue weighted by Crippen LogP contribution is -2.59. The van der Waals surface area contributed by atoms with Gasteiger partial charge in [-0.3, -0.25) is 0 Å². The van der Waals surface area contributed by atoms with Gasteiger partial charge in [0.2, 0.25) is 0 Å². The van der Waals surface area contributed by atoms with Crippen molar-refractivity contribution in [2.45, 2.75) is 44.3 Å². The van der Waals surface area contributed by atoms with Crippen LogP contribution in [0.15, 0.2) is 0 Å². The summed E-state index contributed by atoms with van der Waals surface area (Å²) in [6, 6.07) is 0. The van der Waals surface area contributed by atoms with Gasteiger partial charge in [-0.2, -0.15) is 0 Å². The molecule has 1 aliphatic heterocycles. The zero-order chi connectivity index (χ0) is 8.65. The molecule has 4 heteroatoms. The molecule has 0 radical (unpaired) electrons. The first-order valence-electron chi connectivity index (χ1n) is 3.74. The van der Waals surface area contributed by atoms with E-state index in [2.05, 4.69) is 0 Å². The Morgan fingerprint density at radius 3 is 2.55 bits per heavy atom. The number of aliphatic hydroxyl groups is 2. The van der Waals surface area contributed by atoms with Crippen molar-refractivity contribution in [3.63, 3.8) is 0 Å². The Hall–Kier alpha value is -0.160. The lowest BCUT2D eigenvalue weighted by atomic mass is 9.86. The van der Waals surface area contributed by atoms with Crippen LogP contribution in [0.1, 0.15) is 20.3 Å². The number of hydrogen-bond acceptors (Lipinski definition) is 4. The van der Waals surface area contributed by atoms with Crippen LogP contribution in [0.2, 0.25) is 0 Å². The molecule has 0 aliphatic carbocycles. The van der Waals surface area contributed by atoms with E-state index >= 15 is 0 Å². The van der Waals surface area contributed by atoms with Crippen molar-refractivity contribution in [1.29, 1.82) is 0 Å². The predicted octanol–water partition coefficient (Wildman–Crippen LogP) is -0.808. The van der Waals surface area contributed by atoms with Gasteiger partial charge < -0.3 is 20.7 Å². The highest BCUT2D eigenvalue weighted by Gasteiger charge is 2.40. The van der Waals surface area contributed by atoms with Crippen molar-refractivity contribution < 1.29 is 14.9 Å². The fourth-order valence-corrected chi connectivity index (χ4v) is 1.40. The van der Waals surface area contributed by atoms with Crippen LogP contribution in [0.3, 0.4) is 0 Å². The highest BCUT2D eigenvalue weighted by molar-refractivity contribution is 4.94. The first kappa shape index (κ1) is 8.93. The van der Waals surface area contributed by atoms with Crippen molar-refractivity contribution in [3.8, 4) is 0 Å². The molecule has 1 fully saturated rings. The lowest BCUT2D eigenvalue weighted by Gasteiger charge is -2.41. The van der Waals surface area contributed by atoms with E-state index in [9.17, 15) is 5.11 Å². The molecule has 0 bridgehead atoms. The van der Waals surface area contributed by atoms with Gasteiger partial charge in [0.15, 0.2) is 6.29 Å². The molecule has 0 amide bonds. The molecule has 1 aliphatic rings. The van der Waals surface area contributed by atoms with Crippen molar-refractivity contribution in [3.05, 3.63) is 0 Å². The molecule has 4 nitrogen and oxygen atoms in total. The Balaban J connectivity index is 2.67. The smallest absolute Gasteiger partial charge is 0.156 e. The third-order valence-electron chi connectivity index (χ3n) is 2.11. The molecule has 1 heterocycles. The second-order valence-electron chi connectivity index (χ2n) is 3.45. The summed E-state index contributed by atoms with van der Waals surface area (Å²) in [5.74, 6) is 0. The zero-order valence-electron chi connectivity index (χ0n) is 6.82. The van der Waals surface area contributed by atoms with Gasteiger partial charge in [-0.1, -0.05) is 0 Å². The number of aliphatic hydroxyl groups excluding tert-OH is 2. The van der Waals surface area contributed by atoms with Crippen LogP contribution in [0.5, 0.6) is 0 Å². The van der Waals surface area contributed by atoms with Gasteiger partial charge in [-0.15, -0.1) is 0 Å². The summed E-state index contributed by atoms with van der Waals surface area (Å²) in [5, 5.41) is 18.6. The molecule has 4 N–H and O–H groups in total.